The molecular weight excluding hydrogens is 172 g/mol. The van der Waals surface area contributed by atoms with Crippen LogP contribution in [0.25, 0.3) is 0 Å². The van der Waals surface area contributed by atoms with Crippen LogP contribution in [0, 0.1) is 6.54 Å². The second-order valence-electron chi connectivity index (χ2n) is 2.82. The standard InChI is InChI=1S/C9H9ClN2/c1-11-6-7-5-8(10)3-4-9(7)12(11)2/h3-5H,1-2H3. The van der Waals surface area contributed by atoms with E-state index in [2.05, 4.69) is 6.54 Å². The van der Waals surface area contributed by atoms with Crippen molar-refractivity contribution in [1.82, 2.24) is 5.01 Å². The average Bonchev–Trinajstić information content (AvgIpc) is 2.28. The van der Waals surface area contributed by atoms with Crippen LogP contribution in [0.2, 0.25) is 5.02 Å². The molecule has 1 aromatic carbocycles. The van der Waals surface area contributed by atoms with Gasteiger partial charge >= 0.3 is 0 Å². The third kappa shape index (κ3) is 1.08. The fourth-order valence-electron chi connectivity index (χ4n) is 1.29. The molecule has 1 aliphatic rings. The lowest BCUT2D eigenvalue weighted by Gasteiger charge is -2.20. The van der Waals surface area contributed by atoms with Gasteiger partial charge in [0.2, 0.25) is 0 Å². The maximum absolute atomic E-state index is 5.84. The van der Waals surface area contributed by atoms with Gasteiger partial charge in [-0.2, -0.15) is 0 Å². The molecule has 62 valence electrons. The summed E-state index contributed by atoms with van der Waals surface area (Å²) < 4.78 is 0. The molecule has 0 spiro atoms. The van der Waals surface area contributed by atoms with Crippen molar-refractivity contribution in [3.8, 4) is 0 Å². The van der Waals surface area contributed by atoms with Gasteiger partial charge in [-0.3, -0.25) is 0 Å². The lowest BCUT2D eigenvalue weighted by atomic mass is 10.2. The van der Waals surface area contributed by atoms with E-state index in [1.807, 2.05) is 42.3 Å². The molecule has 2 rings (SSSR count). The minimum Gasteiger partial charge on any atom is -0.308 e. The molecular formula is C9H9ClN2. The molecule has 1 heterocycles. The van der Waals surface area contributed by atoms with Crippen LogP contribution in [0.3, 0.4) is 0 Å². The summed E-state index contributed by atoms with van der Waals surface area (Å²) in [6.07, 6.45) is 0. The highest BCUT2D eigenvalue weighted by Gasteiger charge is 2.21. The molecule has 0 atom stereocenters. The van der Waals surface area contributed by atoms with Crippen LogP contribution in [0.4, 0.5) is 5.69 Å². The minimum absolute atomic E-state index is 0.755. The van der Waals surface area contributed by atoms with Crippen molar-refractivity contribution in [3.05, 3.63) is 35.3 Å². The van der Waals surface area contributed by atoms with Crippen molar-refractivity contribution >= 4 is 17.3 Å². The second kappa shape index (κ2) is 2.64. The molecule has 1 aromatic rings. The van der Waals surface area contributed by atoms with Gasteiger partial charge in [0.1, 0.15) is 6.54 Å². The van der Waals surface area contributed by atoms with Crippen molar-refractivity contribution < 1.29 is 0 Å². The number of hydrogen-bond donors (Lipinski definition) is 0. The number of hydrazine groups is 1. The number of anilines is 1. The number of nitrogens with zero attached hydrogens (tertiary/aromatic N) is 2. The van der Waals surface area contributed by atoms with E-state index in [1.165, 1.54) is 0 Å². The van der Waals surface area contributed by atoms with Crippen molar-refractivity contribution in [3.63, 3.8) is 0 Å². The zero-order chi connectivity index (χ0) is 8.72. The number of fused-ring (bicyclic) bond motifs is 1. The highest BCUT2D eigenvalue weighted by molar-refractivity contribution is 6.30. The second-order valence-corrected chi connectivity index (χ2v) is 3.26. The predicted molar refractivity (Wildman–Crippen MR) is 50.0 cm³/mol. The summed E-state index contributed by atoms with van der Waals surface area (Å²) in [5.74, 6) is 0. The molecule has 1 aliphatic heterocycles. The Morgan fingerprint density at radius 3 is 2.83 bits per heavy atom. The zero-order valence-corrected chi connectivity index (χ0v) is 7.76. The molecule has 0 aliphatic carbocycles. The average molecular weight is 181 g/mol. The number of hydrogen-bond acceptors (Lipinski definition) is 2. The van der Waals surface area contributed by atoms with Crippen LogP contribution in [-0.2, 0) is 0 Å². The van der Waals surface area contributed by atoms with E-state index in [0.29, 0.717) is 0 Å². The molecule has 0 bridgehead atoms. The molecule has 0 fully saturated rings. The molecule has 2 nitrogen and oxygen atoms in total. The van der Waals surface area contributed by atoms with Gasteiger partial charge in [0.05, 0.1) is 5.69 Å². The zero-order valence-electron chi connectivity index (χ0n) is 7.00. The summed E-state index contributed by atoms with van der Waals surface area (Å²) in [4.78, 5) is 0. The maximum atomic E-state index is 5.84. The Hall–Kier alpha value is -0.730. The van der Waals surface area contributed by atoms with E-state index in [-0.39, 0.29) is 0 Å². The van der Waals surface area contributed by atoms with Gasteiger partial charge in [-0.1, -0.05) is 11.6 Å². The Morgan fingerprint density at radius 2 is 2.08 bits per heavy atom. The number of rotatable bonds is 0. The Labute approximate surface area is 77.3 Å². The third-order valence-electron chi connectivity index (χ3n) is 2.04. The summed E-state index contributed by atoms with van der Waals surface area (Å²) in [5.41, 5.74) is 2.19. The van der Waals surface area contributed by atoms with Crippen LogP contribution in [-0.4, -0.2) is 19.1 Å². The predicted octanol–water partition coefficient (Wildman–Crippen LogP) is 2.02. The van der Waals surface area contributed by atoms with Crippen LogP contribution in [0.15, 0.2) is 18.2 Å². The lowest BCUT2D eigenvalue weighted by molar-refractivity contribution is 0.432. The third-order valence-corrected chi connectivity index (χ3v) is 2.27. The Morgan fingerprint density at radius 1 is 1.33 bits per heavy atom. The summed E-state index contributed by atoms with van der Waals surface area (Å²) in [5, 5.41) is 4.68. The quantitative estimate of drug-likeness (QED) is 0.603. The molecule has 0 saturated heterocycles. The molecule has 12 heavy (non-hydrogen) atoms. The normalized spacial score (nSPS) is 16.8. The largest absolute Gasteiger partial charge is 0.308 e. The smallest absolute Gasteiger partial charge is 0.120 e. The Balaban J connectivity index is 2.47. The van der Waals surface area contributed by atoms with E-state index in [9.17, 15) is 0 Å². The van der Waals surface area contributed by atoms with Crippen LogP contribution in [0.1, 0.15) is 5.56 Å². The van der Waals surface area contributed by atoms with Gasteiger partial charge in [0.15, 0.2) is 0 Å². The van der Waals surface area contributed by atoms with Gasteiger partial charge in [0, 0.05) is 24.7 Å². The van der Waals surface area contributed by atoms with Gasteiger partial charge in [0.25, 0.3) is 0 Å². The van der Waals surface area contributed by atoms with Crippen molar-refractivity contribution in [2.45, 2.75) is 0 Å². The van der Waals surface area contributed by atoms with E-state index >= 15 is 0 Å². The van der Waals surface area contributed by atoms with Gasteiger partial charge < -0.3 is 5.01 Å². The first-order valence-corrected chi connectivity index (χ1v) is 4.10. The summed E-state index contributed by atoms with van der Waals surface area (Å²) in [7, 11) is 3.95. The van der Waals surface area contributed by atoms with Crippen LogP contribution < -0.4 is 5.01 Å². The monoisotopic (exact) mass is 180 g/mol. The van der Waals surface area contributed by atoms with Crippen molar-refractivity contribution in [1.29, 1.82) is 0 Å². The van der Waals surface area contributed by atoms with Gasteiger partial charge in [-0.05, 0) is 18.2 Å². The van der Waals surface area contributed by atoms with Gasteiger partial charge in [-0.25, -0.2) is 5.01 Å². The summed E-state index contributed by atoms with van der Waals surface area (Å²) >= 11 is 5.84. The first-order valence-electron chi connectivity index (χ1n) is 3.72. The first-order chi connectivity index (χ1) is 5.68. The van der Waals surface area contributed by atoms with Crippen molar-refractivity contribution in [2.24, 2.45) is 0 Å². The molecule has 0 amide bonds. The van der Waals surface area contributed by atoms with E-state index in [4.69, 9.17) is 11.6 Å². The fourth-order valence-corrected chi connectivity index (χ4v) is 1.46. The molecule has 0 aromatic heterocycles. The highest BCUT2D eigenvalue weighted by atomic mass is 35.5. The van der Waals surface area contributed by atoms with Crippen molar-refractivity contribution in [2.75, 3.05) is 19.1 Å². The van der Waals surface area contributed by atoms with Gasteiger partial charge in [-0.15, -0.1) is 0 Å². The molecule has 3 heteroatoms. The number of benzene rings is 1. The highest BCUT2D eigenvalue weighted by Crippen LogP contribution is 2.31. The van der Waals surface area contributed by atoms with E-state index in [0.717, 1.165) is 16.3 Å². The maximum Gasteiger partial charge on any atom is 0.120 e. The van der Waals surface area contributed by atoms with E-state index < -0.39 is 0 Å². The Bertz CT molecular complexity index is 311. The molecule has 0 saturated carbocycles. The molecule has 2 radical (unpaired) electrons. The molecule has 0 unspecified atom stereocenters. The first kappa shape index (κ1) is 7.90. The summed E-state index contributed by atoms with van der Waals surface area (Å²) in [6, 6.07) is 5.79. The fraction of sp³-hybridized carbons (Fsp3) is 0.222. The van der Waals surface area contributed by atoms with Crippen LogP contribution >= 0.6 is 11.6 Å². The Kier molecular flexibility index (Phi) is 1.74. The van der Waals surface area contributed by atoms with E-state index in [1.54, 1.807) is 0 Å². The topological polar surface area (TPSA) is 6.48 Å². The van der Waals surface area contributed by atoms with Crippen LogP contribution in [0.5, 0.6) is 0 Å². The lowest BCUT2D eigenvalue weighted by Crippen LogP contribution is -2.28. The summed E-state index contributed by atoms with van der Waals surface area (Å²) in [6.45, 7) is 3.16. The minimum atomic E-state index is 0.755. The number of halogens is 1. The SMILES string of the molecule is CN1[C]c2cc(Cl)ccc2N1C. The molecule has 0 N–H and O–H groups in total.